The molecule has 0 aliphatic carbocycles. The molecule has 4 aromatic rings. The number of nitrogens with one attached hydrogen (secondary N) is 1. The molecule has 2 amide bonds. The molecule has 1 N–H and O–H groups in total. The molecule has 0 saturated carbocycles. The number of aryl methyl sites for hydroxylation is 1. The number of thiazole rings is 1. The predicted molar refractivity (Wildman–Crippen MR) is 136 cm³/mol. The van der Waals surface area contributed by atoms with Crippen LogP contribution in [0.3, 0.4) is 0 Å². The molecule has 1 atom stereocenters. The third-order valence-corrected chi connectivity index (χ3v) is 7.28. The molecule has 0 radical (unpaired) electrons. The summed E-state index contributed by atoms with van der Waals surface area (Å²) in [5.41, 5.74) is 2.91. The van der Waals surface area contributed by atoms with Crippen LogP contribution in [-0.2, 0) is 16.0 Å². The number of anilines is 2. The summed E-state index contributed by atoms with van der Waals surface area (Å²) < 4.78 is 5.94. The quantitative estimate of drug-likeness (QED) is 0.395. The van der Waals surface area contributed by atoms with Gasteiger partial charge in [0.2, 0.25) is 11.0 Å². The second kappa shape index (κ2) is 9.88. The molecular formula is C24H22N6O3S2. The first-order chi connectivity index (χ1) is 17.1. The summed E-state index contributed by atoms with van der Waals surface area (Å²) in [7, 11) is 0. The van der Waals surface area contributed by atoms with Crippen molar-refractivity contribution in [1.82, 2.24) is 20.2 Å². The molecule has 3 aromatic heterocycles. The predicted octanol–water partition coefficient (Wildman–Crippen LogP) is 4.43. The standard InChI is InChI=1S/C24H22N6O3S2/c1-3-18-23(32)30(12-20(31)27-24-29-28-21(4-2)35-24)17-11-14(8-9-19(17)33-18)16-13-34-22(26-16)15-7-5-6-10-25-15/h5-11,13,18H,3-4,12H2,1-2H3,(H,27,29,31). The molecule has 0 saturated heterocycles. The number of hydrogen-bond donors (Lipinski definition) is 1. The Balaban J connectivity index is 1.43. The van der Waals surface area contributed by atoms with Gasteiger partial charge in [0.15, 0.2) is 6.10 Å². The highest BCUT2D eigenvalue weighted by Crippen LogP contribution is 2.39. The van der Waals surface area contributed by atoms with Gasteiger partial charge in [-0.15, -0.1) is 21.5 Å². The highest BCUT2D eigenvalue weighted by Gasteiger charge is 2.35. The Hall–Kier alpha value is -3.70. The van der Waals surface area contributed by atoms with Crippen molar-refractivity contribution >= 4 is 45.3 Å². The number of nitrogens with zero attached hydrogens (tertiary/aromatic N) is 5. The van der Waals surface area contributed by atoms with Crippen LogP contribution in [0.15, 0.2) is 48.0 Å². The molecule has 1 unspecified atom stereocenters. The van der Waals surface area contributed by atoms with E-state index < -0.39 is 6.10 Å². The Bertz CT molecular complexity index is 1370. The van der Waals surface area contributed by atoms with Gasteiger partial charge in [0.05, 0.1) is 17.1 Å². The van der Waals surface area contributed by atoms with Crippen molar-refractivity contribution < 1.29 is 14.3 Å². The number of aromatic nitrogens is 4. The van der Waals surface area contributed by atoms with E-state index in [1.54, 1.807) is 6.20 Å². The molecule has 11 heteroatoms. The Morgan fingerprint density at radius 3 is 2.80 bits per heavy atom. The smallest absolute Gasteiger partial charge is 0.268 e. The lowest BCUT2D eigenvalue weighted by atomic mass is 10.1. The number of rotatable bonds is 7. The molecule has 1 aliphatic rings. The number of carbonyl (C=O) groups excluding carboxylic acids is 2. The largest absolute Gasteiger partial charge is 0.478 e. The number of amides is 2. The molecule has 0 spiro atoms. The van der Waals surface area contributed by atoms with Gasteiger partial charge >= 0.3 is 0 Å². The SMILES string of the molecule is CCc1nnc(NC(=O)CN2C(=O)C(CC)Oc3ccc(-c4csc(-c5ccccn5)n4)cc32)s1. The van der Waals surface area contributed by atoms with Crippen LogP contribution in [-0.4, -0.2) is 44.6 Å². The van der Waals surface area contributed by atoms with Crippen molar-refractivity contribution in [2.75, 3.05) is 16.8 Å². The molecule has 1 aromatic carbocycles. The maximum Gasteiger partial charge on any atom is 0.268 e. The summed E-state index contributed by atoms with van der Waals surface area (Å²) >= 11 is 2.82. The number of carbonyl (C=O) groups is 2. The fourth-order valence-electron chi connectivity index (χ4n) is 3.67. The Morgan fingerprint density at radius 1 is 1.17 bits per heavy atom. The second-order valence-corrected chi connectivity index (χ2v) is 9.70. The molecule has 0 fully saturated rings. The number of benzene rings is 1. The Morgan fingerprint density at radius 2 is 2.06 bits per heavy atom. The lowest BCUT2D eigenvalue weighted by molar-refractivity contribution is -0.128. The topological polar surface area (TPSA) is 110 Å². The van der Waals surface area contributed by atoms with E-state index in [-0.39, 0.29) is 18.4 Å². The first kappa shape index (κ1) is 23.1. The maximum absolute atomic E-state index is 13.2. The zero-order valence-electron chi connectivity index (χ0n) is 19.1. The van der Waals surface area contributed by atoms with Gasteiger partial charge in [-0.3, -0.25) is 24.8 Å². The van der Waals surface area contributed by atoms with Crippen LogP contribution >= 0.6 is 22.7 Å². The average molecular weight is 507 g/mol. The third kappa shape index (κ3) is 4.77. The van der Waals surface area contributed by atoms with Crippen LogP contribution in [0.2, 0.25) is 0 Å². The highest BCUT2D eigenvalue weighted by atomic mass is 32.1. The van der Waals surface area contributed by atoms with Gasteiger partial charge in [-0.25, -0.2) is 4.98 Å². The molecule has 5 rings (SSSR count). The third-order valence-electron chi connectivity index (χ3n) is 5.43. The van der Waals surface area contributed by atoms with Gasteiger partial charge in [-0.2, -0.15) is 0 Å². The number of ether oxygens (including phenoxy) is 1. The summed E-state index contributed by atoms with van der Waals surface area (Å²) in [5.74, 6) is -0.0556. The summed E-state index contributed by atoms with van der Waals surface area (Å²) in [6, 6.07) is 11.3. The van der Waals surface area contributed by atoms with Crippen molar-refractivity contribution in [3.05, 3.63) is 53.0 Å². The van der Waals surface area contributed by atoms with Crippen LogP contribution in [0.4, 0.5) is 10.8 Å². The van der Waals surface area contributed by atoms with Gasteiger partial charge in [-0.1, -0.05) is 31.3 Å². The van der Waals surface area contributed by atoms with Gasteiger partial charge in [-0.05, 0) is 43.2 Å². The highest BCUT2D eigenvalue weighted by molar-refractivity contribution is 7.15. The van der Waals surface area contributed by atoms with Gasteiger partial charge < -0.3 is 4.74 Å². The molecule has 1 aliphatic heterocycles. The number of pyridine rings is 1. The van der Waals surface area contributed by atoms with E-state index in [0.29, 0.717) is 23.0 Å². The first-order valence-corrected chi connectivity index (χ1v) is 12.9. The fourth-order valence-corrected chi connectivity index (χ4v) is 5.17. The maximum atomic E-state index is 13.2. The first-order valence-electron chi connectivity index (χ1n) is 11.2. The van der Waals surface area contributed by atoms with Crippen molar-refractivity contribution in [2.45, 2.75) is 32.8 Å². The van der Waals surface area contributed by atoms with Crippen molar-refractivity contribution in [3.8, 4) is 27.7 Å². The second-order valence-electron chi connectivity index (χ2n) is 7.78. The van der Waals surface area contributed by atoms with E-state index in [2.05, 4.69) is 20.5 Å². The Labute approximate surface area is 209 Å². The summed E-state index contributed by atoms with van der Waals surface area (Å²) in [4.78, 5) is 36.5. The minimum absolute atomic E-state index is 0.160. The van der Waals surface area contributed by atoms with Crippen molar-refractivity contribution in [3.63, 3.8) is 0 Å². The molecule has 35 heavy (non-hydrogen) atoms. The van der Waals surface area contributed by atoms with E-state index in [4.69, 9.17) is 9.72 Å². The lowest BCUT2D eigenvalue weighted by Gasteiger charge is -2.33. The van der Waals surface area contributed by atoms with Crippen LogP contribution in [0.1, 0.15) is 25.3 Å². The van der Waals surface area contributed by atoms with Crippen LogP contribution in [0.5, 0.6) is 5.75 Å². The van der Waals surface area contributed by atoms with E-state index in [1.807, 2.05) is 55.6 Å². The molecule has 0 bridgehead atoms. The monoisotopic (exact) mass is 506 g/mol. The molecular weight excluding hydrogens is 484 g/mol. The average Bonchev–Trinajstić information content (AvgIpc) is 3.56. The minimum Gasteiger partial charge on any atom is -0.478 e. The van der Waals surface area contributed by atoms with Gasteiger partial charge in [0.1, 0.15) is 22.3 Å². The normalized spacial score (nSPS) is 15.0. The van der Waals surface area contributed by atoms with E-state index in [1.165, 1.54) is 27.6 Å². The van der Waals surface area contributed by atoms with E-state index in [0.717, 1.165) is 33.4 Å². The van der Waals surface area contributed by atoms with Gasteiger partial charge in [0, 0.05) is 17.1 Å². The number of fused-ring (bicyclic) bond motifs is 1. The summed E-state index contributed by atoms with van der Waals surface area (Å²) in [5, 5.41) is 14.8. The Kier molecular flexibility index (Phi) is 6.51. The summed E-state index contributed by atoms with van der Waals surface area (Å²) in [6.07, 6.45) is 2.32. The van der Waals surface area contributed by atoms with Gasteiger partial charge in [0.25, 0.3) is 5.91 Å². The minimum atomic E-state index is -0.649. The van der Waals surface area contributed by atoms with E-state index >= 15 is 0 Å². The zero-order valence-corrected chi connectivity index (χ0v) is 20.7. The fraction of sp³-hybridized carbons (Fsp3) is 0.250. The van der Waals surface area contributed by atoms with E-state index in [9.17, 15) is 9.59 Å². The van der Waals surface area contributed by atoms with Crippen molar-refractivity contribution in [2.24, 2.45) is 0 Å². The number of hydrogen-bond acceptors (Lipinski definition) is 9. The molecule has 9 nitrogen and oxygen atoms in total. The van der Waals surface area contributed by atoms with Crippen LogP contribution in [0.25, 0.3) is 22.0 Å². The zero-order chi connectivity index (χ0) is 24.4. The lowest BCUT2D eigenvalue weighted by Crippen LogP contribution is -2.48. The molecule has 178 valence electrons. The van der Waals surface area contributed by atoms with Crippen LogP contribution in [0, 0.1) is 0 Å². The summed E-state index contributed by atoms with van der Waals surface area (Å²) in [6.45, 7) is 3.69. The molecule has 4 heterocycles. The van der Waals surface area contributed by atoms with Crippen LogP contribution < -0.4 is 15.0 Å². The van der Waals surface area contributed by atoms with Crippen molar-refractivity contribution in [1.29, 1.82) is 0 Å².